The van der Waals surface area contributed by atoms with E-state index in [9.17, 15) is 4.79 Å². The molecule has 4 rings (SSSR count). The van der Waals surface area contributed by atoms with E-state index < -0.39 is 0 Å². The van der Waals surface area contributed by atoms with E-state index in [0.717, 1.165) is 30.5 Å². The van der Waals surface area contributed by atoms with Crippen LogP contribution in [0.4, 0.5) is 0 Å². The number of rotatable bonds is 6. The van der Waals surface area contributed by atoms with Gasteiger partial charge in [0, 0.05) is 37.5 Å². The summed E-state index contributed by atoms with van der Waals surface area (Å²) in [6.45, 7) is 5.41. The maximum absolute atomic E-state index is 12.3. The number of carbonyl (C=O) groups is 1. The van der Waals surface area contributed by atoms with Crippen molar-refractivity contribution in [3.05, 3.63) is 35.2 Å². The summed E-state index contributed by atoms with van der Waals surface area (Å²) in [5.74, 6) is 1.12. The highest BCUT2D eigenvalue weighted by molar-refractivity contribution is 5.90. The number of amides is 1. The number of nitrogens with zero attached hydrogens (tertiary/aromatic N) is 3. The normalized spacial score (nSPS) is 16.8. The van der Waals surface area contributed by atoms with Gasteiger partial charge in [-0.3, -0.25) is 4.79 Å². The van der Waals surface area contributed by atoms with Crippen LogP contribution in [0.2, 0.25) is 0 Å². The van der Waals surface area contributed by atoms with Crippen LogP contribution >= 0.6 is 0 Å². The van der Waals surface area contributed by atoms with E-state index in [4.69, 9.17) is 9.26 Å². The molecule has 1 saturated heterocycles. The Morgan fingerprint density at radius 1 is 1.39 bits per heavy atom. The number of aromatic amines is 1. The molecule has 0 spiro atoms. The van der Waals surface area contributed by atoms with Crippen LogP contribution in [0.3, 0.4) is 0 Å². The summed E-state index contributed by atoms with van der Waals surface area (Å²) in [5, 5.41) is 5.30. The molecule has 1 aromatic carbocycles. The number of hydrogen-bond donors (Lipinski definition) is 1. The van der Waals surface area contributed by atoms with Crippen molar-refractivity contribution < 1.29 is 14.1 Å². The summed E-state index contributed by atoms with van der Waals surface area (Å²) in [7, 11) is 1.79. The molecule has 3 heterocycles. The van der Waals surface area contributed by atoms with Crippen LogP contribution in [0.25, 0.3) is 22.5 Å². The lowest BCUT2D eigenvalue weighted by atomic mass is 10.1. The van der Waals surface area contributed by atoms with Gasteiger partial charge in [0.15, 0.2) is 5.82 Å². The van der Waals surface area contributed by atoms with Gasteiger partial charge in [-0.05, 0) is 43.9 Å². The van der Waals surface area contributed by atoms with Gasteiger partial charge in [0.2, 0.25) is 0 Å². The van der Waals surface area contributed by atoms with Crippen LogP contribution in [0.5, 0.6) is 0 Å². The van der Waals surface area contributed by atoms with Crippen molar-refractivity contribution in [1.29, 1.82) is 0 Å². The Morgan fingerprint density at radius 3 is 3.00 bits per heavy atom. The van der Waals surface area contributed by atoms with Crippen molar-refractivity contribution in [3.63, 3.8) is 0 Å². The number of nitrogens with one attached hydrogen (secondary N) is 1. The van der Waals surface area contributed by atoms with Gasteiger partial charge in [-0.1, -0.05) is 23.7 Å². The number of carbonyl (C=O) groups excluding carboxylic acids is 1. The molecular formula is C21H26N4O3. The zero-order valence-electron chi connectivity index (χ0n) is 16.6. The summed E-state index contributed by atoms with van der Waals surface area (Å²) >= 11 is 0. The maximum Gasteiger partial charge on any atom is 0.274 e. The average Bonchev–Trinajstić information content (AvgIpc) is 3.44. The van der Waals surface area contributed by atoms with Crippen LogP contribution in [0.1, 0.15) is 36.7 Å². The van der Waals surface area contributed by atoms with Crippen LogP contribution in [-0.2, 0) is 22.4 Å². The van der Waals surface area contributed by atoms with Crippen molar-refractivity contribution in [2.24, 2.45) is 0 Å². The van der Waals surface area contributed by atoms with E-state index in [1.54, 1.807) is 11.9 Å². The molecule has 7 heteroatoms. The SMILES string of the molecule is CCc1c(-c2nc(CCN(C)C(=O)C3CCCO3)no2)[nH]c2ccc(C)cc12. The minimum Gasteiger partial charge on any atom is -0.368 e. The quantitative estimate of drug-likeness (QED) is 0.707. The second-order valence-electron chi connectivity index (χ2n) is 7.41. The Hall–Kier alpha value is -2.67. The summed E-state index contributed by atoms with van der Waals surface area (Å²) in [4.78, 5) is 22.0. The number of benzene rings is 1. The van der Waals surface area contributed by atoms with Crippen molar-refractivity contribution in [3.8, 4) is 11.6 Å². The highest BCUT2D eigenvalue weighted by atomic mass is 16.5. The summed E-state index contributed by atoms with van der Waals surface area (Å²) in [6, 6.07) is 6.34. The molecule has 1 amide bonds. The Balaban J connectivity index is 1.48. The first kappa shape index (κ1) is 18.7. The van der Waals surface area contributed by atoms with E-state index in [2.05, 4.69) is 47.2 Å². The maximum atomic E-state index is 12.3. The fourth-order valence-corrected chi connectivity index (χ4v) is 3.76. The van der Waals surface area contributed by atoms with Crippen molar-refractivity contribution in [1.82, 2.24) is 20.0 Å². The largest absolute Gasteiger partial charge is 0.368 e. The lowest BCUT2D eigenvalue weighted by molar-refractivity contribution is -0.139. The number of hydrogen-bond acceptors (Lipinski definition) is 5. The Labute approximate surface area is 164 Å². The van der Waals surface area contributed by atoms with Crippen molar-refractivity contribution in [2.75, 3.05) is 20.2 Å². The van der Waals surface area contributed by atoms with E-state index in [1.165, 1.54) is 16.5 Å². The highest BCUT2D eigenvalue weighted by Gasteiger charge is 2.26. The summed E-state index contributed by atoms with van der Waals surface area (Å²) < 4.78 is 11.0. The van der Waals surface area contributed by atoms with Crippen LogP contribution < -0.4 is 0 Å². The lowest BCUT2D eigenvalue weighted by Gasteiger charge is -2.19. The third-order valence-electron chi connectivity index (χ3n) is 5.35. The molecule has 148 valence electrons. The molecule has 7 nitrogen and oxygen atoms in total. The zero-order chi connectivity index (χ0) is 19.7. The van der Waals surface area contributed by atoms with E-state index >= 15 is 0 Å². The predicted octanol–water partition coefficient (Wildman–Crippen LogP) is 3.27. The fraction of sp³-hybridized carbons (Fsp3) is 0.476. The van der Waals surface area contributed by atoms with Gasteiger partial charge >= 0.3 is 0 Å². The molecule has 0 aliphatic carbocycles. The van der Waals surface area contributed by atoms with Crippen LogP contribution in [-0.4, -0.2) is 52.2 Å². The molecule has 0 radical (unpaired) electrons. The smallest absolute Gasteiger partial charge is 0.274 e. The van der Waals surface area contributed by atoms with Gasteiger partial charge in [0.05, 0.1) is 0 Å². The summed E-state index contributed by atoms with van der Waals surface area (Å²) in [5.41, 5.74) is 4.35. The van der Waals surface area contributed by atoms with E-state index in [1.807, 2.05) is 0 Å². The Kier molecular flexibility index (Phi) is 5.17. The molecule has 1 atom stereocenters. The molecule has 0 bridgehead atoms. The Bertz CT molecular complexity index is 985. The number of aryl methyl sites for hydroxylation is 2. The lowest BCUT2D eigenvalue weighted by Crippen LogP contribution is -2.37. The molecule has 2 aromatic heterocycles. The zero-order valence-corrected chi connectivity index (χ0v) is 16.6. The van der Waals surface area contributed by atoms with Crippen molar-refractivity contribution in [2.45, 2.75) is 45.6 Å². The molecule has 28 heavy (non-hydrogen) atoms. The molecule has 1 aliphatic rings. The highest BCUT2D eigenvalue weighted by Crippen LogP contribution is 2.30. The number of fused-ring (bicyclic) bond motifs is 1. The molecule has 1 fully saturated rings. The molecule has 1 aliphatic heterocycles. The third-order valence-corrected chi connectivity index (χ3v) is 5.35. The topological polar surface area (TPSA) is 84.2 Å². The number of H-pyrrole nitrogens is 1. The van der Waals surface area contributed by atoms with Crippen LogP contribution in [0.15, 0.2) is 22.7 Å². The molecular weight excluding hydrogens is 356 g/mol. The average molecular weight is 382 g/mol. The molecule has 1 unspecified atom stereocenters. The predicted molar refractivity (Wildman–Crippen MR) is 106 cm³/mol. The monoisotopic (exact) mass is 382 g/mol. The van der Waals surface area contributed by atoms with E-state index in [0.29, 0.717) is 31.3 Å². The first-order valence-corrected chi connectivity index (χ1v) is 9.87. The second kappa shape index (κ2) is 7.75. The molecule has 1 N–H and O–H groups in total. The van der Waals surface area contributed by atoms with Gasteiger partial charge in [-0.2, -0.15) is 4.98 Å². The van der Waals surface area contributed by atoms with E-state index in [-0.39, 0.29) is 12.0 Å². The minimum atomic E-state index is -0.298. The van der Waals surface area contributed by atoms with Gasteiger partial charge in [-0.15, -0.1) is 0 Å². The van der Waals surface area contributed by atoms with Crippen molar-refractivity contribution >= 4 is 16.8 Å². The first-order valence-electron chi connectivity index (χ1n) is 9.87. The van der Waals surface area contributed by atoms with Crippen LogP contribution in [0, 0.1) is 6.92 Å². The second-order valence-corrected chi connectivity index (χ2v) is 7.41. The molecule has 0 saturated carbocycles. The molecule has 3 aromatic rings. The van der Waals surface area contributed by atoms with Gasteiger partial charge in [0.1, 0.15) is 11.8 Å². The fourth-order valence-electron chi connectivity index (χ4n) is 3.76. The van der Waals surface area contributed by atoms with Gasteiger partial charge in [0.25, 0.3) is 11.8 Å². The first-order chi connectivity index (χ1) is 13.6. The third kappa shape index (κ3) is 3.54. The van der Waals surface area contributed by atoms with Gasteiger partial charge < -0.3 is 19.1 Å². The number of aromatic nitrogens is 3. The van der Waals surface area contributed by atoms with Gasteiger partial charge in [-0.25, -0.2) is 0 Å². The number of ether oxygens (including phenoxy) is 1. The standard InChI is InChI=1S/C21H26N4O3/c1-4-14-15-12-13(2)7-8-16(15)22-19(14)20-23-18(24-28-20)9-10-25(3)21(26)17-6-5-11-27-17/h7-8,12,17,22H,4-6,9-11H2,1-3H3. The Morgan fingerprint density at radius 2 is 2.25 bits per heavy atom. The summed E-state index contributed by atoms with van der Waals surface area (Å²) in [6.07, 6.45) is 2.86. The minimum absolute atomic E-state index is 0.0282. The number of likely N-dealkylation sites (N-methyl/N-ethyl adjacent to an activating group) is 1.